The highest BCUT2D eigenvalue weighted by molar-refractivity contribution is 5.99. The number of ether oxygens (including phenoxy) is 1. The van der Waals surface area contributed by atoms with E-state index in [1.807, 2.05) is 0 Å². The van der Waals surface area contributed by atoms with E-state index in [4.69, 9.17) is 4.74 Å². The number of nitro benzene ring substituents is 1. The average molecular weight is 402 g/mol. The smallest absolute Gasteiger partial charge is 0.282 e. The normalized spacial score (nSPS) is 21.5. The van der Waals surface area contributed by atoms with Crippen molar-refractivity contribution < 1.29 is 14.5 Å². The number of amides is 1. The minimum absolute atomic E-state index is 0.0961. The van der Waals surface area contributed by atoms with Crippen LogP contribution in [0.4, 0.5) is 11.4 Å². The lowest BCUT2D eigenvalue weighted by Crippen LogP contribution is -2.39. The molecule has 2 heterocycles. The molecule has 4 rings (SSSR count). The lowest BCUT2D eigenvalue weighted by atomic mass is 9.97. The van der Waals surface area contributed by atoms with Crippen molar-refractivity contribution in [3.05, 3.63) is 33.9 Å². The molecule has 2 saturated heterocycles. The quantitative estimate of drug-likeness (QED) is 0.547. The molecule has 0 atom stereocenters. The Labute approximate surface area is 172 Å². The zero-order valence-electron chi connectivity index (χ0n) is 17.1. The predicted molar refractivity (Wildman–Crippen MR) is 111 cm³/mol. The van der Waals surface area contributed by atoms with Gasteiger partial charge in [0.1, 0.15) is 5.56 Å². The van der Waals surface area contributed by atoms with E-state index in [-0.39, 0.29) is 17.2 Å². The van der Waals surface area contributed by atoms with Gasteiger partial charge in [-0.15, -0.1) is 0 Å². The summed E-state index contributed by atoms with van der Waals surface area (Å²) in [5.41, 5.74) is 1.02. The zero-order valence-corrected chi connectivity index (χ0v) is 17.1. The monoisotopic (exact) mass is 401 g/mol. The van der Waals surface area contributed by atoms with Crippen LogP contribution >= 0.6 is 0 Å². The van der Waals surface area contributed by atoms with Crippen molar-refractivity contribution in [3.63, 3.8) is 0 Å². The maximum atomic E-state index is 12.9. The topological polar surface area (TPSA) is 75.9 Å². The van der Waals surface area contributed by atoms with Gasteiger partial charge in [0.15, 0.2) is 0 Å². The van der Waals surface area contributed by atoms with Gasteiger partial charge in [-0.05, 0) is 50.7 Å². The third kappa shape index (κ3) is 4.71. The molecule has 0 bridgehead atoms. The van der Waals surface area contributed by atoms with E-state index in [1.165, 1.54) is 38.2 Å². The second kappa shape index (κ2) is 9.11. The summed E-state index contributed by atoms with van der Waals surface area (Å²) in [7, 11) is 0. The van der Waals surface area contributed by atoms with E-state index in [9.17, 15) is 14.9 Å². The summed E-state index contributed by atoms with van der Waals surface area (Å²) in [6.45, 7) is 3.08. The number of piperidine rings is 1. The van der Waals surface area contributed by atoms with Crippen molar-refractivity contribution in [3.8, 4) is 0 Å². The van der Waals surface area contributed by atoms with Crippen molar-refractivity contribution in [2.75, 3.05) is 31.1 Å². The van der Waals surface area contributed by atoms with Gasteiger partial charge in [0.2, 0.25) is 0 Å². The van der Waals surface area contributed by atoms with Gasteiger partial charge in [0.25, 0.3) is 11.6 Å². The van der Waals surface area contributed by atoms with Crippen molar-refractivity contribution in [2.45, 2.75) is 70.0 Å². The van der Waals surface area contributed by atoms with Crippen LogP contribution in [0.3, 0.4) is 0 Å². The number of hydrogen-bond donors (Lipinski definition) is 0. The molecule has 7 nitrogen and oxygen atoms in total. The molecule has 2 aliphatic heterocycles. The molecular weight excluding hydrogens is 370 g/mol. The van der Waals surface area contributed by atoms with Crippen LogP contribution < -0.4 is 4.90 Å². The highest BCUT2D eigenvalue weighted by Crippen LogP contribution is 2.30. The molecule has 1 aliphatic carbocycles. The molecule has 1 saturated carbocycles. The van der Waals surface area contributed by atoms with E-state index in [0.717, 1.165) is 44.5 Å². The molecule has 0 spiro atoms. The minimum Gasteiger partial charge on any atom is -0.375 e. The van der Waals surface area contributed by atoms with Gasteiger partial charge in [0, 0.05) is 37.9 Å². The minimum atomic E-state index is -0.447. The van der Waals surface area contributed by atoms with Gasteiger partial charge in [0.05, 0.1) is 17.1 Å². The molecule has 7 heteroatoms. The summed E-state index contributed by atoms with van der Waals surface area (Å²) in [5.74, 6) is -0.216. The standard InChI is InChI=1S/C22H31N3O4/c26-22(24-12-4-5-13-24)20-16-17(8-9-21(20)25(27)28)23-14-10-19(11-15-23)29-18-6-2-1-3-7-18/h8-9,16,18-19H,1-7,10-15H2. The van der Waals surface area contributed by atoms with Crippen LogP contribution in [0.25, 0.3) is 0 Å². The Hall–Kier alpha value is -2.15. The van der Waals surface area contributed by atoms with Gasteiger partial charge >= 0.3 is 0 Å². The fourth-order valence-electron chi connectivity index (χ4n) is 4.87. The highest BCUT2D eigenvalue weighted by Gasteiger charge is 2.29. The molecule has 0 radical (unpaired) electrons. The summed E-state index contributed by atoms with van der Waals surface area (Å²) >= 11 is 0. The fourth-order valence-corrected chi connectivity index (χ4v) is 4.87. The Bertz CT molecular complexity index is 734. The highest BCUT2D eigenvalue weighted by atomic mass is 16.6. The fraction of sp³-hybridized carbons (Fsp3) is 0.682. The van der Waals surface area contributed by atoms with Crippen LogP contribution in [-0.4, -0.2) is 54.1 Å². The third-order valence-electron chi connectivity index (χ3n) is 6.54. The van der Waals surface area contributed by atoms with Gasteiger partial charge < -0.3 is 14.5 Å². The van der Waals surface area contributed by atoms with Crippen molar-refractivity contribution in [2.24, 2.45) is 0 Å². The van der Waals surface area contributed by atoms with Gasteiger partial charge in [-0.25, -0.2) is 0 Å². The van der Waals surface area contributed by atoms with Crippen molar-refractivity contribution in [1.29, 1.82) is 0 Å². The number of hydrogen-bond acceptors (Lipinski definition) is 5. The van der Waals surface area contributed by atoms with Crippen LogP contribution in [0.1, 0.15) is 68.1 Å². The summed E-state index contributed by atoms with van der Waals surface area (Å²) in [6, 6.07) is 4.99. The first-order valence-electron chi connectivity index (χ1n) is 11.1. The van der Waals surface area contributed by atoms with E-state index < -0.39 is 4.92 Å². The first-order valence-corrected chi connectivity index (χ1v) is 11.1. The number of anilines is 1. The van der Waals surface area contributed by atoms with E-state index in [2.05, 4.69) is 4.90 Å². The van der Waals surface area contributed by atoms with Crippen LogP contribution in [0.15, 0.2) is 18.2 Å². The summed E-state index contributed by atoms with van der Waals surface area (Å²) in [4.78, 5) is 27.8. The molecular formula is C22H31N3O4. The number of nitrogens with zero attached hydrogens (tertiary/aromatic N) is 3. The van der Waals surface area contributed by atoms with Crippen molar-refractivity contribution >= 4 is 17.3 Å². The number of likely N-dealkylation sites (tertiary alicyclic amines) is 1. The molecule has 29 heavy (non-hydrogen) atoms. The summed E-state index contributed by atoms with van der Waals surface area (Å²) in [6.07, 6.45) is 10.8. The number of rotatable bonds is 5. The Morgan fingerprint density at radius 3 is 2.24 bits per heavy atom. The number of benzene rings is 1. The van der Waals surface area contributed by atoms with E-state index in [0.29, 0.717) is 25.3 Å². The zero-order chi connectivity index (χ0) is 20.2. The number of nitro groups is 1. The molecule has 0 unspecified atom stereocenters. The lowest BCUT2D eigenvalue weighted by molar-refractivity contribution is -0.385. The van der Waals surface area contributed by atoms with E-state index in [1.54, 1.807) is 17.0 Å². The summed E-state index contributed by atoms with van der Waals surface area (Å²) < 4.78 is 6.32. The first kappa shape index (κ1) is 20.1. The number of carbonyl (C=O) groups excluding carboxylic acids is 1. The Morgan fingerprint density at radius 1 is 0.931 bits per heavy atom. The van der Waals surface area contributed by atoms with Crippen LogP contribution in [0, 0.1) is 10.1 Å². The molecule has 1 aromatic rings. The molecule has 1 aromatic carbocycles. The summed E-state index contributed by atoms with van der Waals surface area (Å²) in [5, 5.41) is 11.5. The Kier molecular flexibility index (Phi) is 6.33. The van der Waals surface area contributed by atoms with E-state index >= 15 is 0 Å². The second-order valence-corrected chi connectivity index (χ2v) is 8.54. The van der Waals surface area contributed by atoms with Crippen LogP contribution in [0.5, 0.6) is 0 Å². The van der Waals surface area contributed by atoms with Crippen LogP contribution in [0.2, 0.25) is 0 Å². The SMILES string of the molecule is O=C(c1cc(N2CCC(OC3CCCCC3)CC2)ccc1[N+](=O)[O-])N1CCCC1. The van der Waals surface area contributed by atoms with Gasteiger partial charge in [-0.2, -0.15) is 0 Å². The lowest BCUT2D eigenvalue weighted by Gasteiger charge is -2.36. The molecule has 3 fully saturated rings. The van der Waals surface area contributed by atoms with Crippen LogP contribution in [-0.2, 0) is 4.74 Å². The second-order valence-electron chi connectivity index (χ2n) is 8.54. The maximum absolute atomic E-state index is 12.9. The molecule has 158 valence electrons. The van der Waals surface area contributed by atoms with Gasteiger partial charge in [-0.1, -0.05) is 19.3 Å². The third-order valence-corrected chi connectivity index (χ3v) is 6.54. The average Bonchev–Trinajstić information content (AvgIpc) is 3.29. The largest absolute Gasteiger partial charge is 0.375 e. The Morgan fingerprint density at radius 2 is 1.59 bits per heavy atom. The molecule has 3 aliphatic rings. The Balaban J connectivity index is 1.42. The maximum Gasteiger partial charge on any atom is 0.282 e. The van der Waals surface area contributed by atoms with Gasteiger partial charge in [-0.3, -0.25) is 14.9 Å². The molecule has 1 amide bonds. The molecule has 0 N–H and O–H groups in total. The predicted octanol–water partition coefficient (Wildman–Crippen LogP) is 4.15. The van der Waals surface area contributed by atoms with Crippen molar-refractivity contribution in [1.82, 2.24) is 4.90 Å². The molecule has 0 aromatic heterocycles. The number of carbonyl (C=O) groups is 1. The first-order chi connectivity index (χ1) is 14.1.